The molecule has 58 heavy (non-hydrogen) atoms. The number of anilines is 1. The second-order valence-electron chi connectivity index (χ2n) is 15.3. The highest BCUT2D eigenvalue weighted by atomic mass is 35.5. The number of allylic oxidation sites excluding steroid dienone is 3. The lowest BCUT2D eigenvalue weighted by molar-refractivity contribution is -0.162. The third-order valence-corrected chi connectivity index (χ3v) is 14.3. The van der Waals surface area contributed by atoms with Crippen molar-refractivity contribution in [2.45, 2.75) is 120 Å². The van der Waals surface area contributed by atoms with E-state index in [0.29, 0.717) is 30.0 Å². The highest BCUT2D eigenvalue weighted by Gasteiger charge is 2.64. The highest BCUT2D eigenvalue weighted by molar-refractivity contribution is 8.76. The maximum Gasteiger partial charge on any atom is 0.409 e. The number of rotatable bonds is 13. The smallest absolute Gasteiger partial charge is 0.409 e. The van der Waals surface area contributed by atoms with Gasteiger partial charge < -0.3 is 43.7 Å². The monoisotopic (exact) mass is 869 g/mol. The highest BCUT2D eigenvalue weighted by Crippen LogP contribution is 2.49. The molecule has 0 aliphatic carbocycles. The summed E-state index contributed by atoms with van der Waals surface area (Å²) < 4.78 is 29.3. The molecule has 0 saturated carbocycles. The minimum Gasteiger partial charge on any atom is -0.495 e. The number of carboxylic acid groups (broad SMARTS) is 1. The first-order valence-corrected chi connectivity index (χ1v) is 21.9. The van der Waals surface area contributed by atoms with Crippen molar-refractivity contribution < 1.29 is 57.9 Å². The fraction of sp³-hybridized carbons (Fsp3) is 0.625. The molecule has 2 saturated heterocycles. The van der Waals surface area contributed by atoms with Gasteiger partial charge in [0, 0.05) is 57.4 Å². The topological polar surface area (TPSA) is 194 Å². The van der Waals surface area contributed by atoms with Crippen LogP contribution in [0.2, 0.25) is 5.02 Å². The molecule has 4 bridgehead atoms. The molecule has 0 aromatic heterocycles. The number of carbonyl (C=O) groups excluding carboxylic acids is 4. The lowest BCUT2D eigenvalue weighted by Gasteiger charge is -2.42. The fourth-order valence-electron chi connectivity index (χ4n) is 7.06. The van der Waals surface area contributed by atoms with Crippen LogP contribution in [0.1, 0.15) is 72.3 Å². The number of aliphatic carboxylic acids is 1. The van der Waals surface area contributed by atoms with E-state index in [9.17, 15) is 29.1 Å². The van der Waals surface area contributed by atoms with Crippen LogP contribution in [-0.4, -0.2) is 126 Å². The summed E-state index contributed by atoms with van der Waals surface area (Å²) in [7, 11) is 8.93. The number of esters is 1. The Kier molecular flexibility index (Phi) is 16.4. The second kappa shape index (κ2) is 20.2. The molecule has 3 aliphatic heterocycles. The Morgan fingerprint density at radius 2 is 1.90 bits per heavy atom. The zero-order valence-corrected chi connectivity index (χ0v) is 36.8. The molecule has 3 N–H and O–H groups in total. The Balaban J connectivity index is 1.63. The van der Waals surface area contributed by atoms with E-state index in [1.807, 2.05) is 19.9 Å². The zero-order valence-electron chi connectivity index (χ0n) is 34.4. The summed E-state index contributed by atoms with van der Waals surface area (Å²) in [6.45, 7) is 8.87. The number of methoxy groups -OCH3 is 2. The van der Waals surface area contributed by atoms with Gasteiger partial charge >= 0.3 is 18.0 Å². The summed E-state index contributed by atoms with van der Waals surface area (Å²) in [5.41, 5.74) is -1.02. The van der Waals surface area contributed by atoms with E-state index < -0.39 is 71.6 Å². The summed E-state index contributed by atoms with van der Waals surface area (Å²) in [4.78, 5) is 67.6. The predicted molar refractivity (Wildman–Crippen MR) is 222 cm³/mol. The quantitative estimate of drug-likeness (QED) is 0.0969. The van der Waals surface area contributed by atoms with E-state index in [1.165, 1.54) is 59.6 Å². The lowest BCUT2D eigenvalue weighted by Crippen LogP contribution is -2.63. The van der Waals surface area contributed by atoms with Gasteiger partial charge in [0.25, 0.3) is 0 Å². The third kappa shape index (κ3) is 11.6. The Labute approximate surface area is 352 Å². The molecule has 3 amide bonds. The maximum absolute atomic E-state index is 14.2. The predicted octanol–water partition coefficient (Wildman–Crippen LogP) is 5.54. The van der Waals surface area contributed by atoms with Gasteiger partial charge in [-0.15, -0.1) is 0 Å². The van der Waals surface area contributed by atoms with Crippen molar-refractivity contribution in [1.82, 2.24) is 10.2 Å². The number of nitrogens with one attached hydrogen (secondary N) is 1. The van der Waals surface area contributed by atoms with Crippen molar-refractivity contribution >= 4 is 68.7 Å². The van der Waals surface area contributed by atoms with Crippen molar-refractivity contribution in [1.29, 1.82) is 0 Å². The molecule has 2 fully saturated rings. The molecule has 3 aliphatic rings. The molecule has 3 heterocycles. The van der Waals surface area contributed by atoms with Crippen LogP contribution in [0.25, 0.3) is 0 Å². The molecule has 1 aromatic carbocycles. The third-order valence-electron chi connectivity index (χ3n) is 10.9. The first kappa shape index (κ1) is 47.2. The molecular weight excluding hydrogens is 814 g/mol. The van der Waals surface area contributed by atoms with E-state index in [0.717, 1.165) is 11.1 Å². The number of halogens is 1. The Morgan fingerprint density at radius 3 is 2.55 bits per heavy atom. The van der Waals surface area contributed by atoms with Crippen LogP contribution in [0.5, 0.6) is 5.75 Å². The van der Waals surface area contributed by atoms with Crippen LogP contribution in [0.3, 0.4) is 0 Å². The minimum absolute atomic E-state index is 0.0668. The van der Waals surface area contributed by atoms with Gasteiger partial charge in [-0.25, -0.2) is 9.59 Å². The molecule has 15 nitrogen and oxygen atoms in total. The van der Waals surface area contributed by atoms with Gasteiger partial charge in [0.2, 0.25) is 11.8 Å². The van der Waals surface area contributed by atoms with Crippen molar-refractivity contribution in [3.63, 3.8) is 0 Å². The van der Waals surface area contributed by atoms with Gasteiger partial charge in [-0.3, -0.25) is 19.7 Å². The fourth-order valence-corrected chi connectivity index (χ4v) is 9.70. The molecule has 1 aromatic rings. The molecule has 0 spiro atoms. The van der Waals surface area contributed by atoms with E-state index in [4.69, 9.17) is 40.4 Å². The number of nitrogens with zero attached hydrogens (tertiary/aromatic N) is 2. The number of fused-ring (bicyclic) bond motifs is 5. The number of benzene rings is 1. The molecule has 18 heteroatoms. The molecule has 1 unspecified atom stereocenters. The number of epoxide rings is 1. The van der Waals surface area contributed by atoms with E-state index in [1.54, 1.807) is 45.2 Å². The number of alkyl carbamates (subject to hydrolysis) is 1. The van der Waals surface area contributed by atoms with Gasteiger partial charge in [0.15, 0.2) is 5.72 Å². The van der Waals surface area contributed by atoms with Gasteiger partial charge in [-0.05, 0) is 51.3 Å². The normalized spacial score (nSPS) is 30.0. The van der Waals surface area contributed by atoms with Gasteiger partial charge in [0.05, 0.1) is 25.3 Å². The Hall–Kier alpha value is -3.48. The Morgan fingerprint density at radius 1 is 1.19 bits per heavy atom. The minimum atomic E-state index is -1.85. The second-order valence-corrected chi connectivity index (χ2v) is 18.6. The standard InChI is InChI=1S/C40H56ClN3O12S2/c1-22-11-10-12-30(53-9)40(51)21-29(54-38(50)42-40)24(3)36-39(5,56-36)31(20-33(46)44(7)27-18-26(17-22)19-28(52-8)35(27)41)55-37(49)25(4)43(6)32(45)15-16-57-58-23(2)13-14-34(47)48/h10-12,18-19,23-25,29-31,36,51H,13-17,20-21H2,1-9H3,(H,42,50)(H,47,48)/b12-10+,22-11-/t23?,24-,25+,29+,30-,31+,36+,39+,40+/m1/s1. The van der Waals surface area contributed by atoms with Crippen LogP contribution >= 0.6 is 33.2 Å². The van der Waals surface area contributed by atoms with Crippen molar-refractivity contribution in [3.05, 3.63) is 46.5 Å². The maximum atomic E-state index is 14.2. The lowest BCUT2D eigenvalue weighted by atomic mass is 9.83. The number of likely N-dealkylation sites (N-methyl/N-ethyl adjacent to an activating group) is 1. The summed E-state index contributed by atoms with van der Waals surface area (Å²) in [5.74, 6) is -2.12. The first-order valence-electron chi connectivity index (χ1n) is 19.1. The molecule has 322 valence electrons. The SMILES string of the molecule is COc1cc2cc(c1Cl)N(C)C(=O)C[C@H](OC(=O)[C@H](C)N(C)C(=O)CCSSC(C)CCC(=O)O)[C@]1(C)O[C@H]1[C@H](C)[C@@H]1C[C@@](O)(NC(=O)O1)[C@H](OC)/C=C/C=C(/C)C2. The van der Waals surface area contributed by atoms with Crippen molar-refractivity contribution in [2.24, 2.45) is 5.92 Å². The van der Waals surface area contributed by atoms with Gasteiger partial charge in [-0.2, -0.15) is 0 Å². The van der Waals surface area contributed by atoms with E-state index in [-0.39, 0.29) is 41.9 Å². The number of hydrogen-bond acceptors (Lipinski definition) is 13. The molecular formula is C40H56ClN3O12S2. The van der Waals surface area contributed by atoms with Crippen LogP contribution < -0.4 is 15.0 Å². The number of aliphatic hydroxyl groups is 1. The number of ether oxygens (including phenoxy) is 5. The zero-order chi connectivity index (χ0) is 43.1. The van der Waals surface area contributed by atoms with Gasteiger partial charge in [-0.1, -0.05) is 70.8 Å². The molecule has 9 atom stereocenters. The van der Waals surface area contributed by atoms with E-state index in [2.05, 4.69) is 5.32 Å². The van der Waals surface area contributed by atoms with Crippen LogP contribution in [0.15, 0.2) is 35.9 Å². The largest absolute Gasteiger partial charge is 0.495 e. The summed E-state index contributed by atoms with van der Waals surface area (Å²) >= 11 is 6.77. The number of hydrogen-bond donors (Lipinski definition) is 3. The van der Waals surface area contributed by atoms with Gasteiger partial charge in [0.1, 0.15) is 40.7 Å². The number of amides is 3. The Bertz CT molecular complexity index is 1760. The van der Waals surface area contributed by atoms with Crippen LogP contribution in [-0.2, 0) is 44.5 Å². The summed E-state index contributed by atoms with van der Waals surface area (Å²) in [6.07, 6.45) is 1.43. The summed E-state index contributed by atoms with van der Waals surface area (Å²) in [5, 5.41) is 23.5. The summed E-state index contributed by atoms with van der Waals surface area (Å²) in [6, 6.07) is 2.53. The van der Waals surface area contributed by atoms with E-state index >= 15 is 0 Å². The average molecular weight is 870 g/mol. The number of carboxylic acids is 1. The molecule has 0 radical (unpaired) electrons. The van der Waals surface area contributed by atoms with Crippen LogP contribution in [0.4, 0.5) is 10.5 Å². The molecule has 4 rings (SSSR count). The first-order chi connectivity index (χ1) is 27.2. The average Bonchev–Trinajstić information content (AvgIpc) is 3.87. The van der Waals surface area contributed by atoms with Crippen molar-refractivity contribution in [2.75, 3.05) is 39.0 Å². The van der Waals surface area contributed by atoms with Crippen LogP contribution in [0, 0.1) is 5.92 Å². The number of carbonyl (C=O) groups is 5. The van der Waals surface area contributed by atoms with Crippen molar-refractivity contribution in [3.8, 4) is 5.75 Å².